The van der Waals surface area contributed by atoms with Crippen molar-refractivity contribution < 1.29 is 28.2 Å². The van der Waals surface area contributed by atoms with Crippen molar-refractivity contribution in [3.05, 3.63) is 35.4 Å². The second kappa shape index (κ2) is 5.64. The molecule has 0 unspecified atom stereocenters. The summed E-state index contributed by atoms with van der Waals surface area (Å²) in [5.74, 6) is -3.42. The van der Waals surface area contributed by atoms with Crippen LogP contribution in [0.3, 0.4) is 0 Å². The van der Waals surface area contributed by atoms with Gasteiger partial charge in [-0.1, -0.05) is 0 Å². The number of ether oxygens (including phenoxy) is 1. The summed E-state index contributed by atoms with van der Waals surface area (Å²) in [5.41, 5.74) is 0.179. The number of benzene rings is 1. The smallest absolute Gasteiger partial charge is 0.328 e. The molecular weight excluding hydrogens is 296 g/mol. The Bertz CT molecular complexity index is 622. The normalized spacial score (nSPS) is 27.5. The van der Waals surface area contributed by atoms with Gasteiger partial charge < -0.3 is 14.7 Å². The summed E-state index contributed by atoms with van der Waals surface area (Å²) in [6.07, 6.45) is 0.406. The van der Waals surface area contributed by atoms with Crippen LogP contribution in [0.25, 0.3) is 0 Å². The fraction of sp³-hybridized carbons (Fsp3) is 0.467. The Morgan fingerprint density at radius 3 is 2.82 bits per heavy atom. The van der Waals surface area contributed by atoms with Crippen molar-refractivity contribution in [1.82, 2.24) is 4.90 Å². The number of carbonyl (C=O) groups is 2. The number of carboxylic acids is 1. The fourth-order valence-corrected chi connectivity index (χ4v) is 2.90. The molecular formula is C15H15F2NO4. The van der Waals surface area contributed by atoms with Gasteiger partial charge >= 0.3 is 5.97 Å². The lowest BCUT2D eigenvalue weighted by Gasteiger charge is -2.33. The van der Waals surface area contributed by atoms with Gasteiger partial charge in [-0.3, -0.25) is 4.79 Å². The Morgan fingerprint density at radius 2 is 2.09 bits per heavy atom. The zero-order valence-corrected chi connectivity index (χ0v) is 11.7. The molecule has 0 spiro atoms. The highest BCUT2D eigenvalue weighted by atomic mass is 19.1. The fourth-order valence-electron chi connectivity index (χ4n) is 2.90. The van der Waals surface area contributed by atoms with E-state index < -0.39 is 29.6 Å². The molecule has 2 aliphatic rings. The van der Waals surface area contributed by atoms with Gasteiger partial charge in [0.1, 0.15) is 11.6 Å². The van der Waals surface area contributed by atoms with E-state index in [0.29, 0.717) is 6.42 Å². The molecule has 1 aromatic rings. The van der Waals surface area contributed by atoms with Gasteiger partial charge in [-0.2, -0.15) is 0 Å². The SMILES string of the molecule is O=C(O)[C@@H]1COCCN1C(=O)[C@H]1C[C@H]1c1cc(F)ccc1F. The maximum Gasteiger partial charge on any atom is 0.328 e. The van der Waals surface area contributed by atoms with Crippen LogP contribution < -0.4 is 0 Å². The average Bonchev–Trinajstić information content (AvgIpc) is 3.29. The summed E-state index contributed by atoms with van der Waals surface area (Å²) < 4.78 is 32.1. The summed E-state index contributed by atoms with van der Waals surface area (Å²) in [7, 11) is 0. The largest absolute Gasteiger partial charge is 0.480 e. The molecule has 2 fully saturated rings. The van der Waals surface area contributed by atoms with Gasteiger partial charge in [-0.05, 0) is 36.1 Å². The van der Waals surface area contributed by atoms with Gasteiger partial charge in [-0.25, -0.2) is 13.6 Å². The topological polar surface area (TPSA) is 66.8 Å². The lowest BCUT2D eigenvalue weighted by molar-refractivity contribution is -0.158. The highest BCUT2D eigenvalue weighted by Crippen LogP contribution is 2.49. The van der Waals surface area contributed by atoms with Gasteiger partial charge in [-0.15, -0.1) is 0 Å². The summed E-state index contributed by atoms with van der Waals surface area (Å²) in [4.78, 5) is 24.9. The van der Waals surface area contributed by atoms with E-state index in [1.165, 1.54) is 4.90 Å². The van der Waals surface area contributed by atoms with Crippen molar-refractivity contribution >= 4 is 11.9 Å². The molecule has 1 aromatic carbocycles. The minimum Gasteiger partial charge on any atom is -0.480 e. The van der Waals surface area contributed by atoms with Crippen LogP contribution in [-0.4, -0.2) is 47.7 Å². The number of amides is 1. The molecule has 1 N–H and O–H groups in total. The Kier molecular flexibility index (Phi) is 3.82. The van der Waals surface area contributed by atoms with Gasteiger partial charge in [0.2, 0.25) is 5.91 Å². The number of morpholine rings is 1. The van der Waals surface area contributed by atoms with Crippen LogP contribution in [0.4, 0.5) is 8.78 Å². The predicted molar refractivity (Wildman–Crippen MR) is 71.2 cm³/mol. The van der Waals surface area contributed by atoms with E-state index in [0.717, 1.165) is 18.2 Å². The third kappa shape index (κ3) is 2.68. The molecule has 1 amide bonds. The maximum absolute atomic E-state index is 13.7. The number of carboxylic acid groups (broad SMARTS) is 1. The Morgan fingerprint density at radius 1 is 1.32 bits per heavy atom. The zero-order valence-electron chi connectivity index (χ0n) is 11.7. The van der Waals surface area contributed by atoms with Crippen LogP contribution in [0.1, 0.15) is 17.9 Å². The zero-order chi connectivity index (χ0) is 15.9. The van der Waals surface area contributed by atoms with Crippen LogP contribution in [0.15, 0.2) is 18.2 Å². The molecule has 3 atom stereocenters. The van der Waals surface area contributed by atoms with Crippen LogP contribution in [0, 0.1) is 17.6 Å². The first-order chi connectivity index (χ1) is 10.5. The number of halogens is 2. The lowest BCUT2D eigenvalue weighted by atomic mass is 10.1. The molecule has 3 rings (SSSR count). The van der Waals surface area contributed by atoms with Crippen LogP contribution in [0.5, 0.6) is 0 Å². The van der Waals surface area contributed by atoms with Crippen molar-refractivity contribution in [2.45, 2.75) is 18.4 Å². The molecule has 1 heterocycles. The molecule has 22 heavy (non-hydrogen) atoms. The number of hydrogen-bond acceptors (Lipinski definition) is 3. The summed E-state index contributed by atoms with van der Waals surface area (Å²) >= 11 is 0. The maximum atomic E-state index is 13.7. The minimum atomic E-state index is -1.12. The van der Waals surface area contributed by atoms with Crippen LogP contribution in [-0.2, 0) is 14.3 Å². The lowest BCUT2D eigenvalue weighted by Crippen LogP contribution is -2.53. The molecule has 1 saturated heterocycles. The van der Waals surface area contributed by atoms with Crippen molar-refractivity contribution in [2.75, 3.05) is 19.8 Å². The highest BCUT2D eigenvalue weighted by Gasteiger charge is 2.49. The molecule has 118 valence electrons. The Hall–Kier alpha value is -2.02. The molecule has 7 heteroatoms. The summed E-state index contributed by atoms with van der Waals surface area (Å²) in [6.45, 7) is 0.429. The first-order valence-corrected chi connectivity index (χ1v) is 7.05. The quantitative estimate of drug-likeness (QED) is 0.916. The van der Waals surface area contributed by atoms with Crippen molar-refractivity contribution in [2.24, 2.45) is 5.92 Å². The van der Waals surface area contributed by atoms with E-state index in [1.54, 1.807) is 0 Å². The molecule has 5 nitrogen and oxygen atoms in total. The van der Waals surface area contributed by atoms with E-state index in [2.05, 4.69) is 0 Å². The highest BCUT2D eigenvalue weighted by molar-refractivity contribution is 5.88. The number of rotatable bonds is 3. The third-order valence-corrected chi connectivity index (χ3v) is 4.16. The second-order valence-electron chi connectivity index (χ2n) is 5.58. The third-order valence-electron chi connectivity index (χ3n) is 4.16. The molecule has 0 aromatic heterocycles. The standard InChI is InChI=1S/C15H15F2NO4/c16-8-1-2-12(17)10(5-8)9-6-11(9)14(19)18-3-4-22-7-13(18)15(20)21/h1-2,5,9,11,13H,3-4,6-7H2,(H,20,21)/t9-,11-,13-/m0/s1. The number of aliphatic carboxylic acids is 1. The second-order valence-corrected chi connectivity index (χ2v) is 5.58. The van der Waals surface area contributed by atoms with Gasteiger partial charge in [0, 0.05) is 12.5 Å². The van der Waals surface area contributed by atoms with Crippen molar-refractivity contribution in [1.29, 1.82) is 0 Å². The number of carbonyl (C=O) groups excluding carboxylic acids is 1. The monoisotopic (exact) mass is 311 g/mol. The van der Waals surface area contributed by atoms with E-state index in [4.69, 9.17) is 9.84 Å². The van der Waals surface area contributed by atoms with E-state index in [-0.39, 0.29) is 37.1 Å². The van der Waals surface area contributed by atoms with E-state index in [9.17, 15) is 18.4 Å². The molecule has 0 bridgehead atoms. The number of hydrogen-bond donors (Lipinski definition) is 1. The van der Waals surface area contributed by atoms with E-state index in [1.807, 2.05) is 0 Å². The minimum absolute atomic E-state index is 0.0488. The van der Waals surface area contributed by atoms with Gasteiger partial charge in [0.25, 0.3) is 0 Å². The molecule has 1 aliphatic heterocycles. The first-order valence-electron chi connectivity index (χ1n) is 7.05. The summed E-state index contributed by atoms with van der Waals surface area (Å²) in [5, 5.41) is 9.14. The van der Waals surface area contributed by atoms with Crippen LogP contribution >= 0.6 is 0 Å². The molecule has 1 saturated carbocycles. The number of nitrogens with zero attached hydrogens (tertiary/aromatic N) is 1. The predicted octanol–water partition coefficient (Wildman–Crippen LogP) is 1.38. The van der Waals surface area contributed by atoms with E-state index >= 15 is 0 Å². The molecule has 1 aliphatic carbocycles. The van der Waals surface area contributed by atoms with Crippen LogP contribution in [0.2, 0.25) is 0 Å². The summed E-state index contributed by atoms with van der Waals surface area (Å²) in [6, 6.07) is 2.15. The van der Waals surface area contributed by atoms with Crippen molar-refractivity contribution in [3.8, 4) is 0 Å². The average molecular weight is 311 g/mol. The van der Waals surface area contributed by atoms with Crippen molar-refractivity contribution in [3.63, 3.8) is 0 Å². The van der Waals surface area contributed by atoms with Gasteiger partial charge in [0.15, 0.2) is 6.04 Å². The molecule has 0 radical (unpaired) electrons. The Labute approximate surface area is 125 Å². The Balaban J connectivity index is 1.74. The first kappa shape index (κ1) is 14.9. The van der Waals surface area contributed by atoms with Gasteiger partial charge in [0.05, 0.1) is 13.2 Å².